The van der Waals surface area contributed by atoms with Gasteiger partial charge in [-0.05, 0) is 49.9 Å². The van der Waals surface area contributed by atoms with Crippen LogP contribution in [0.2, 0.25) is 5.02 Å². The molecule has 0 aromatic heterocycles. The van der Waals surface area contributed by atoms with Crippen molar-refractivity contribution in [3.05, 3.63) is 58.4 Å². The highest BCUT2D eigenvalue weighted by atomic mass is 35.5. The van der Waals surface area contributed by atoms with Crippen LogP contribution in [0.4, 0.5) is 14.9 Å². The fourth-order valence-corrected chi connectivity index (χ4v) is 4.05. The van der Waals surface area contributed by atoms with Crippen LogP contribution in [0.15, 0.2) is 41.3 Å². The first-order valence-electron chi connectivity index (χ1n) is 9.47. The van der Waals surface area contributed by atoms with Gasteiger partial charge < -0.3 is 15.1 Å². The van der Waals surface area contributed by atoms with Crippen molar-refractivity contribution in [3.8, 4) is 0 Å². The van der Waals surface area contributed by atoms with Crippen molar-refractivity contribution in [3.63, 3.8) is 0 Å². The summed E-state index contributed by atoms with van der Waals surface area (Å²) in [5, 5.41) is 3.30. The van der Waals surface area contributed by atoms with E-state index in [-0.39, 0.29) is 42.7 Å². The maximum atomic E-state index is 14.2. The molecule has 1 aliphatic rings. The molecule has 0 unspecified atom stereocenters. The zero-order chi connectivity index (χ0) is 22.8. The molecule has 31 heavy (non-hydrogen) atoms. The number of sulfonamides is 1. The Morgan fingerprint density at radius 1 is 1.03 bits per heavy atom. The van der Waals surface area contributed by atoms with Gasteiger partial charge in [-0.2, -0.15) is 0 Å². The number of nitrogens with zero attached hydrogens (tertiary/aromatic N) is 2. The van der Waals surface area contributed by atoms with Crippen molar-refractivity contribution in [2.24, 2.45) is 0 Å². The molecule has 1 heterocycles. The Hall–Kier alpha value is -2.69. The molecule has 0 saturated carbocycles. The summed E-state index contributed by atoms with van der Waals surface area (Å²) < 4.78 is 40.3. The molecule has 1 fully saturated rings. The first-order valence-corrected chi connectivity index (χ1v) is 11.3. The molecule has 8 nitrogen and oxygen atoms in total. The first kappa shape index (κ1) is 23.0. The molecule has 0 radical (unpaired) electrons. The van der Waals surface area contributed by atoms with Crippen molar-refractivity contribution in [2.45, 2.75) is 11.8 Å². The predicted molar refractivity (Wildman–Crippen MR) is 115 cm³/mol. The van der Waals surface area contributed by atoms with Gasteiger partial charge in [0.1, 0.15) is 5.82 Å². The summed E-state index contributed by atoms with van der Waals surface area (Å²) in [7, 11) is -2.58. The molecule has 1 aliphatic heterocycles. The third-order valence-electron chi connectivity index (χ3n) is 5.02. The van der Waals surface area contributed by atoms with E-state index in [0.29, 0.717) is 10.7 Å². The summed E-state index contributed by atoms with van der Waals surface area (Å²) in [6.07, 6.45) is 0. The lowest BCUT2D eigenvalue weighted by atomic mass is 10.1. The quantitative estimate of drug-likeness (QED) is 0.720. The van der Waals surface area contributed by atoms with Crippen LogP contribution < -0.4 is 10.0 Å². The van der Waals surface area contributed by atoms with Crippen LogP contribution in [-0.2, 0) is 10.0 Å². The lowest BCUT2D eigenvalue weighted by Crippen LogP contribution is -2.51. The molecule has 2 N–H and O–H groups in total. The topological polar surface area (TPSA) is 98.8 Å². The summed E-state index contributed by atoms with van der Waals surface area (Å²) in [4.78, 5) is 28.0. The summed E-state index contributed by atoms with van der Waals surface area (Å²) in [6, 6.07) is 7.93. The number of carbonyl (C=O) groups is 2. The predicted octanol–water partition coefficient (Wildman–Crippen LogP) is 2.69. The second-order valence-corrected chi connectivity index (χ2v) is 9.32. The number of hydrogen-bond donors (Lipinski definition) is 2. The lowest BCUT2D eigenvalue weighted by Gasteiger charge is -2.34. The number of hydrogen-bond acceptors (Lipinski definition) is 4. The van der Waals surface area contributed by atoms with Gasteiger partial charge in [-0.25, -0.2) is 22.3 Å². The number of carbonyl (C=O) groups excluding carboxylic acids is 2. The number of aryl methyl sites for hydroxylation is 1. The number of anilines is 1. The zero-order valence-corrected chi connectivity index (χ0v) is 18.6. The molecule has 2 aromatic carbocycles. The minimum atomic E-state index is -3.82. The van der Waals surface area contributed by atoms with Crippen molar-refractivity contribution in [1.82, 2.24) is 14.5 Å². The fraction of sp³-hybridized carbons (Fsp3) is 0.300. The monoisotopic (exact) mass is 468 g/mol. The van der Waals surface area contributed by atoms with Gasteiger partial charge in [-0.15, -0.1) is 0 Å². The van der Waals surface area contributed by atoms with Crippen LogP contribution in [0.25, 0.3) is 0 Å². The standard InChI is InChI=1S/C20H22ClFN4O4S/c1-13-3-4-14(11-17(13)21)24-20(28)26-9-7-25(8-10-26)19(27)16-12-15(5-6-18(16)22)31(29,30)23-2/h3-6,11-12,23H,7-10H2,1-2H3,(H,24,28). The highest BCUT2D eigenvalue weighted by Gasteiger charge is 2.27. The lowest BCUT2D eigenvalue weighted by molar-refractivity contribution is 0.0666. The van der Waals surface area contributed by atoms with Crippen molar-refractivity contribution in [2.75, 3.05) is 38.5 Å². The Labute approximate surface area is 185 Å². The minimum Gasteiger partial charge on any atom is -0.335 e. The Morgan fingerprint density at radius 3 is 2.29 bits per heavy atom. The van der Waals surface area contributed by atoms with Gasteiger partial charge in [0.05, 0.1) is 10.5 Å². The van der Waals surface area contributed by atoms with Gasteiger partial charge in [-0.3, -0.25) is 4.79 Å². The van der Waals surface area contributed by atoms with E-state index in [4.69, 9.17) is 11.6 Å². The van der Waals surface area contributed by atoms with E-state index in [1.54, 1.807) is 18.2 Å². The average Bonchev–Trinajstić information content (AvgIpc) is 2.76. The fourth-order valence-electron chi connectivity index (χ4n) is 3.11. The minimum absolute atomic E-state index is 0.184. The van der Waals surface area contributed by atoms with Crippen molar-refractivity contribution >= 4 is 39.2 Å². The summed E-state index contributed by atoms with van der Waals surface area (Å²) >= 11 is 6.08. The molecule has 3 rings (SSSR count). The molecule has 2 aromatic rings. The number of nitrogens with one attached hydrogen (secondary N) is 2. The van der Waals surface area contributed by atoms with Crippen molar-refractivity contribution in [1.29, 1.82) is 0 Å². The molecular formula is C20H22ClFN4O4S. The Kier molecular flexibility index (Phi) is 6.83. The van der Waals surface area contributed by atoms with Crippen LogP contribution in [0.1, 0.15) is 15.9 Å². The molecule has 0 atom stereocenters. The molecule has 1 saturated heterocycles. The number of benzene rings is 2. The third-order valence-corrected chi connectivity index (χ3v) is 6.84. The number of rotatable bonds is 4. The van der Waals surface area contributed by atoms with Crippen LogP contribution in [0.3, 0.4) is 0 Å². The SMILES string of the molecule is CNS(=O)(=O)c1ccc(F)c(C(=O)N2CCN(C(=O)Nc3ccc(C)c(Cl)c3)CC2)c1. The molecular weight excluding hydrogens is 447 g/mol. The van der Waals surface area contributed by atoms with E-state index in [0.717, 1.165) is 23.8 Å². The van der Waals surface area contributed by atoms with E-state index >= 15 is 0 Å². The van der Waals surface area contributed by atoms with E-state index in [9.17, 15) is 22.4 Å². The van der Waals surface area contributed by atoms with E-state index in [2.05, 4.69) is 10.0 Å². The van der Waals surface area contributed by atoms with Gasteiger partial charge in [0.25, 0.3) is 5.91 Å². The molecule has 0 aliphatic carbocycles. The van der Waals surface area contributed by atoms with Gasteiger partial charge in [0.15, 0.2) is 0 Å². The molecule has 0 bridgehead atoms. The highest BCUT2D eigenvalue weighted by molar-refractivity contribution is 7.89. The van der Waals surface area contributed by atoms with Crippen LogP contribution >= 0.6 is 11.6 Å². The summed E-state index contributed by atoms with van der Waals surface area (Å²) in [6.45, 7) is 2.71. The van der Waals surface area contributed by atoms with Gasteiger partial charge in [0, 0.05) is 36.9 Å². The Bertz CT molecular complexity index is 1120. The maximum absolute atomic E-state index is 14.2. The van der Waals surface area contributed by atoms with Gasteiger partial charge in [0.2, 0.25) is 10.0 Å². The van der Waals surface area contributed by atoms with Gasteiger partial charge in [-0.1, -0.05) is 17.7 Å². The largest absolute Gasteiger partial charge is 0.335 e. The van der Waals surface area contributed by atoms with E-state index in [1.807, 2.05) is 6.92 Å². The Balaban J connectivity index is 1.65. The van der Waals surface area contributed by atoms with Crippen LogP contribution in [0.5, 0.6) is 0 Å². The summed E-state index contributed by atoms with van der Waals surface area (Å²) in [5.41, 5.74) is 1.12. The maximum Gasteiger partial charge on any atom is 0.321 e. The normalized spacial score (nSPS) is 14.5. The molecule has 166 valence electrons. The smallest absolute Gasteiger partial charge is 0.321 e. The molecule has 3 amide bonds. The number of piperazine rings is 1. The van der Waals surface area contributed by atoms with Crippen molar-refractivity contribution < 1.29 is 22.4 Å². The average molecular weight is 469 g/mol. The third kappa shape index (κ3) is 5.15. The highest BCUT2D eigenvalue weighted by Crippen LogP contribution is 2.21. The number of halogens is 2. The van der Waals surface area contributed by atoms with E-state index < -0.39 is 21.7 Å². The molecule has 11 heteroatoms. The summed E-state index contributed by atoms with van der Waals surface area (Å²) in [5.74, 6) is -1.44. The van der Waals surface area contributed by atoms with Crippen LogP contribution in [0, 0.1) is 12.7 Å². The van der Waals surface area contributed by atoms with Crippen LogP contribution in [-0.4, -0.2) is 63.4 Å². The van der Waals surface area contributed by atoms with E-state index in [1.165, 1.54) is 16.8 Å². The second-order valence-electron chi connectivity index (χ2n) is 7.02. The number of urea groups is 1. The molecule has 0 spiro atoms. The number of amides is 3. The first-order chi connectivity index (χ1) is 14.6. The van der Waals surface area contributed by atoms with Gasteiger partial charge >= 0.3 is 6.03 Å². The zero-order valence-electron chi connectivity index (χ0n) is 17.0. The Morgan fingerprint density at radius 2 is 1.68 bits per heavy atom. The second kappa shape index (κ2) is 9.21.